The third-order valence-electron chi connectivity index (χ3n) is 6.90. The van der Waals surface area contributed by atoms with Crippen LogP contribution in [0.25, 0.3) is 11.0 Å². The van der Waals surface area contributed by atoms with Crippen LogP contribution in [0, 0.1) is 0 Å². The summed E-state index contributed by atoms with van der Waals surface area (Å²) in [5, 5.41) is 9.92. The summed E-state index contributed by atoms with van der Waals surface area (Å²) in [4.78, 5) is 32.7. The normalized spacial score (nSPS) is 16.1. The fourth-order valence-corrected chi connectivity index (χ4v) is 4.93. The highest BCUT2D eigenvalue weighted by atomic mass is 16.6. The molecule has 1 fully saturated rings. The van der Waals surface area contributed by atoms with Gasteiger partial charge < -0.3 is 33.7 Å². The van der Waals surface area contributed by atoms with E-state index < -0.39 is 6.09 Å². The highest BCUT2D eigenvalue weighted by Crippen LogP contribution is 2.31. The number of piperidine rings is 1. The molecule has 3 heterocycles. The summed E-state index contributed by atoms with van der Waals surface area (Å²) in [6.45, 7) is 4.05. The molecule has 2 aromatic carbocycles. The first-order valence-corrected chi connectivity index (χ1v) is 12.2. The molecule has 0 unspecified atom stereocenters. The Morgan fingerprint density at radius 3 is 2.64 bits per heavy atom. The lowest BCUT2D eigenvalue weighted by atomic mass is 10.0. The average molecular weight is 495 g/mol. The molecule has 2 aliphatic rings. The van der Waals surface area contributed by atoms with E-state index in [1.54, 1.807) is 11.7 Å². The minimum Gasteiger partial charge on any atom is -0.497 e. The molecule has 3 aromatic rings. The summed E-state index contributed by atoms with van der Waals surface area (Å²) in [6, 6.07) is 11.0. The molecule has 5 rings (SSSR count). The van der Waals surface area contributed by atoms with Crippen LogP contribution in [0.3, 0.4) is 0 Å². The standard InChI is InChI=1S/C26H30N4O6/c1-34-20-3-4-21-22(15-20)29(25(31)16-27-21)11-10-28-8-6-19(7-9-28)30(26(32)33)17-18-2-5-23-24(14-18)36-13-12-35-23/h2-5,14-16,19H,6-13,17H2,1H3,(H,32,33). The number of methoxy groups -OCH3 is 1. The first-order chi connectivity index (χ1) is 17.5. The van der Waals surface area contributed by atoms with E-state index in [2.05, 4.69) is 9.88 Å². The minimum absolute atomic E-state index is 0.0688. The van der Waals surface area contributed by atoms with Crippen LogP contribution >= 0.6 is 0 Å². The van der Waals surface area contributed by atoms with Gasteiger partial charge in [-0.15, -0.1) is 0 Å². The molecule has 10 nitrogen and oxygen atoms in total. The van der Waals surface area contributed by atoms with Crippen molar-refractivity contribution in [3.8, 4) is 17.2 Å². The van der Waals surface area contributed by atoms with Gasteiger partial charge in [0, 0.05) is 44.8 Å². The largest absolute Gasteiger partial charge is 0.497 e. The van der Waals surface area contributed by atoms with Gasteiger partial charge in [-0.3, -0.25) is 4.79 Å². The van der Waals surface area contributed by atoms with Crippen LogP contribution < -0.4 is 19.8 Å². The Hall–Kier alpha value is -3.79. The summed E-state index contributed by atoms with van der Waals surface area (Å²) >= 11 is 0. The molecule has 0 aliphatic carbocycles. The predicted octanol–water partition coefficient (Wildman–Crippen LogP) is 2.82. The lowest BCUT2D eigenvalue weighted by molar-refractivity contribution is 0.0856. The molecule has 0 radical (unpaired) electrons. The van der Waals surface area contributed by atoms with Gasteiger partial charge in [0.05, 0.1) is 24.3 Å². The molecular formula is C26H30N4O6. The van der Waals surface area contributed by atoms with E-state index in [-0.39, 0.29) is 11.6 Å². The summed E-state index contributed by atoms with van der Waals surface area (Å²) < 4.78 is 18.2. The number of fused-ring (bicyclic) bond motifs is 2. The fraction of sp³-hybridized carbons (Fsp3) is 0.423. The van der Waals surface area contributed by atoms with Gasteiger partial charge in [-0.05, 0) is 42.7 Å². The summed E-state index contributed by atoms with van der Waals surface area (Å²) in [7, 11) is 1.60. The van der Waals surface area contributed by atoms with Crippen molar-refractivity contribution in [1.29, 1.82) is 0 Å². The lowest BCUT2D eigenvalue weighted by Crippen LogP contribution is -2.47. The highest BCUT2D eigenvalue weighted by molar-refractivity contribution is 5.76. The van der Waals surface area contributed by atoms with E-state index in [1.807, 2.05) is 36.4 Å². The Balaban J connectivity index is 1.21. The number of hydrogen-bond donors (Lipinski definition) is 1. The average Bonchev–Trinajstić information content (AvgIpc) is 2.91. The molecule has 1 saturated heterocycles. The maximum atomic E-state index is 12.5. The van der Waals surface area contributed by atoms with Crippen LogP contribution in [-0.2, 0) is 13.1 Å². The number of amides is 1. The van der Waals surface area contributed by atoms with E-state index in [4.69, 9.17) is 14.2 Å². The van der Waals surface area contributed by atoms with Crippen LogP contribution in [-0.4, -0.2) is 76.6 Å². The topological polar surface area (TPSA) is 106 Å². The van der Waals surface area contributed by atoms with E-state index in [9.17, 15) is 14.7 Å². The first kappa shape index (κ1) is 23.9. The van der Waals surface area contributed by atoms with E-state index in [0.29, 0.717) is 50.1 Å². The van der Waals surface area contributed by atoms with Gasteiger partial charge in [-0.1, -0.05) is 6.07 Å². The number of hydrogen-bond acceptors (Lipinski definition) is 7. The molecule has 36 heavy (non-hydrogen) atoms. The molecule has 10 heteroatoms. The van der Waals surface area contributed by atoms with Gasteiger partial charge in [0.15, 0.2) is 11.5 Å². The summed E-state index contributed by atoms with van der Waals surface area (Å²) in [5.74, 6) is 2.03. The van der Waals surface area contributed by atoms with Crippen molar-refractivity contribution in [2.75, 3.05) is 40.0 Å². The predicted molar refractivity (Wildman–Crippen MR) is 133 cm³/mol. The number of benzene rings is 2. The van der Waals surface area contributed by atoms with Crippen molar-refractivity contribution in [3.63, 3.8) is 0 Å². The zero-order valence-corrected chi connectivity index (χ0v) is 20.3. The van der Waals surface area contributed by atoms with Crippen LogP contribution in [0.15, 0.2) is 47.4 Å². The van der Waals surface area contributed by atoms with Crippen molar-refractivity contribution < 1.29 is 24.1 Å². The van der Waals surface area contributed by atoms with Crippen LogP contribution in [0.5, 0.6) is 17.2 Å². The minimum atomic E-state index is -0.924. The monoisotopic (exact) mass is 494 g/mol. The molecule has 190 valence electrons. The van der Waals surface area contributed by atoms with Crippen molar-refractivity contribution in [3.05, 3.63) is 58.5 Å². The lowest BCUT2D eigenvalue weighted by Gasteiger charge is -2.37. The van der Waals surface area contributed by atoms with E-state index in [0.717, 1.165) is 42.5 Å². The van der Waals surface area contributed by atoms with Crippen molar-refractivity contribution >= 4 is 17.1 Å². The van der Waals surface area contributed by atoms with Crippen molar-refractivity contribution in [1.82, 2.24) is 19.4 Å². The molecular weight excluding hydrogens is 464 g/mol. The second kappa shape index (κ2) is 10.4. The zero-order valence-electron chi connectivity index (χ0n) is 20.3. The Bertz CT molecular complexity index is 1300. The van der Waals surface area contributed by atoms with Gasteiger partial charge in [0.2, 0.25) is 0 Å². The number of ether oxygens (including phenoxy) is 3. The van der Waals surface area contributed by atoms with Crippen molar-refractivity contribution in [2.45, 2.75) is 32.0 Å². The van der Waals surface area contributed by atoms with Gasteiger partial charge >= 0.3 is 6.09 Å². The molecule has 0 saturated carbocycles. The number of aromatic nitrogens is 2. The fourth-order valence-electron chi connectivity index (χ4n) is 4.93. The van der Waals surface area contributed by atoms with Gasteiger partial charge in [-0.2, -0.15) is 0 Å². The maximum Gasteiger partial charge on any atom is 0.407 e. The Morgan fingerprint density at radius 1 is 1.11 bits per heavy atom. The number of nitrogens with zero attached hydrogens (tertiary/aromatic N) is 4. The second-order valence-corrected chi connectivity index (χ2v) is 9.06. The Labute approximate surface area is 208 Å². The summed E-state index contributed by atoms with van der Waals surface area (Å²) in [5.41, 5.74) is 2.21. The van der Waals surface area contributed by atoms with Crippen LogP contribution in [0.1, 0.15) is 18.4 Å². The molecule has 1 aromatic heterocycles. The Kier molecular flexibility index (Phi) is 6.95. The third-order valence-corrected chi connectivity index (χ3v) is 6.90. The molecule has 2 aliphatic heterocycles. The second-order valence-electron chi connectivity index (χ2n) is 9.06. The van der Waals surface area contributed by atoms with Gasteiger partial charge in [0.25, 0.3) is 5.56 Å². The Morgan fingerprint density at radius 2 is 1.89 bits per heavy atom. The summed E-state index contributed by atoms with van der Waals surface area (Å²) in [6.07, 6.45) is 1.89. The van der Waals surface area contributed by atoms with Gasteiger partial charge in [0.1, 0.15) is 19.0 Å². The number of rotatable bonds is 7. The number of carbonyl (C=O) groups is 1. The molecule has 0 bridgehead atoms. The SMILES string of the molecule is COc1ccc2ncc(=O)n(CCN3CCC(N(Cc4ccc5c(c4)OCCO5)C(=O)O)CC3)c2c1. The van der Waals surface area contributed by atoms with Crippen LogP contribution in [0.2, 0.25) is 0 Å². The highest BCUT2D eigenvalue weighted by Gasteiger charge is 2.28. The maximum absolute atomic E-state index is 12.5. The van der Waals surface area contributed by atoms with E-state index >= 15 is 0 Å². The number of carboxylic acid groups (broad SMARTS) is 1. The first-order valence-electron chi connectivity index (χ1n) is 12.2. The smallest absolute Gasteiger partial charge is 0.407 e. The van der Waals surface area contributed by atoms with Gasteiger partial charge in [-0.25, -0.2) is 9.78 Å². The molecule has 1 N–H and O–H groups in total. The zero-order chi connectivity index (χ0) is 25.1. The quantitative estimate of drug-likeness (QED) is 0.535. The molecule has 1 amide bonds. The molecule has 0 atom stereocenters. The van der Waals surface area contributed by atoms with Crippen LogP contribution in [0.4, 0.5) is 4.79 Å². The third kappa shape index (κ3) is 5.08. The van der Waals surface area contributed by atoms with Crippen molar-refractivity contribution in [2.24, 2.45) is 0 Å². The molecule has 0 spiro atoms. The van der Waals surface area contributed by atoms with E-state index in [1.165, 1.54) is 11.1 Å². The number of likely N-dealkylation sites (tertiary alicyclic amines) is 1.